The van der Waals surface area contributed by atoms with E-state index in [-0.39, 0.29) is 12.5 Å². The molecule has 0 saturated carbocycles. The maximum atomic E-state index is 12.3. The van der Waals surface area contributed by atoms with Gasteiger partial charge in [0.25, 0.3) is 5.91 Å². The van der Waals surface area contributed by atoms with Crippen LogP contribution in [0.15, 0.2) is 65.8 Å². The van der Waals surface area contributed by atoms with E-state index in [2.05, 4.69) is 28.1 Å². The van der Waals surface area contributed by atoms with Crippen LogP contribution in [-0.2, 0) is 14.4 Å². The predicted octanol–water partition coefficient (Wildman–Crippen LogP) is 4.60. The molecule has 3 N–H and O–H groups in total. The molecule has 0 radical (unpaired) electrons. The second kappa shape index (κ2) is 14.9. The van der Waals surface area contributed by atoms with Crippen molar-refractivity contribution in [1.29, 1.82) is 0 Å². The summed E-state index contributed by atoms with van der Waals surface area (Å²) in [7, 11) is 1.47. The van der Waals surface area contributed by atoms with E-state index in [1.165, 1.54) is 13.3 Å². The molecule has 10 heteroatoms. The molecule has 0 saturated heterocycles. The molecule has 3 amide bonds. The largest absolute Gasteiger partial charge is 0.494 e. The van der Waals surface area contributed by atoms with Crippen LogP contribution in [0.1, 0.15) is 36.5 Å². The highest BCUT2D eigenvalue weighted by Gasteiger charge is 2.13. The Kier molecular flexibility index (Phi) is 11.1. The number of methoxy groups -OCH3 is 1. The number of anilines is 2. The number of benzene rings is 3. The molecule has 0 heterocycles. The minimum absolute atomic E-state index is 0.212. The minimum atomic E-state index is -0.929. The van der Waals surface area contributed by atoms with Crippen LogP contribution in [0.5, 0.6) is 17.2 Å². The number of hydrogen-bond donors (Lipinski definition) is 3. The Balaban J connectivity index is 1.48. The maximum Gasteiger partial charge on any atom is 0.329 e. The fourth-order valence-corrected chi connectivity index (χ4v) is 3.42. The first-order chi connectivity index (χ1) is 19.3. The van der Waals surface area contributed by atoms with Crippen LogP contribution in [0.25, 0.3) is 0 Å². The van der Waals surface area contributed by atoms with Crippen molar-refractivity contribution in [3.05, 3.63) is 77.4 Å². The van der Waals surface area contributed by atoms with Gasteiger partial charge in [-0.3, -0.25) is 14.4 Å². The van der Waals surface area contributed by atoms with Gasteiger partial charge in [0.2, 0.25) is 0 Å². The molecule has 210 valence electrons. The summed E-state index contributed by atoms with van der Waals surface area (Å²) in [6.45, 7) is 6.47. The zero-order chi connectivity index (χ0) is 28.9. The highest BCUT2D eigenvalue weighted by Crippen LogP contribution is 2.27. The number of nitrogens with zero attached hydrogens (tertiary/aromatic N) is 1. The topological polar surface area (TPSA) is 127 Å². The zero-order valence-electron chi connectivity index (χ0n) is 23.1. The van der Waals surface area contributed by atoms with E-state index < -0.39 is 11.8 Å². The number of aryl methyl sites for hydroxylation is 2. The number of nitrogens with one attached hydrogen (secondary N) is 3. The molecule has 0 aromatic heterocycles. The van der Waals surface area contributed by atoms with Crippen molar-refractivity contribution in [3.63, 3.8) is 0 Å². The lowest BCUT2D eigenvalue weighted by Crippen LogP contribution is -2.32. The van der Waals surface area contributed by atoms with Gasteiger partial charge in [0.15, 0.2) is 18.1 Å². The average molecular weight is 547 g/mol. The molecule has 0 fully saturated rings. The first-order valence-corrected chi connectivity index (χ1v) is 12.8. The number of ether oxygens (including phenoxy) is 3. The molecular weight excluding hydrogens is 512 g/mol. The molecule has 0 atom stereocenters. The van der Waals surface area contributed by atoms with Crippen molar-refractivity contribution in [2.45, 2.75) is 33.6 Å². The van der Waals surface area contributed by atoms with E-state index >= 15 is 0 Å². The van der Waals surface area contributed by atoms with Gasteiger partial charge in [-0.05, 0) is 91.6 Å². The van der Waals surface area contributed by atoms with Crippen LogP contribution in [0.4, 0.5) is 11.4 Å². The molecule has 0 unspecified atom stereocenters. The molecule has 40 heavy (non-hydrogen) atoms. The summed E-state index contributed by atoms with van der Waals surface area (Å²) in [4.78, 5) is 36.6. The van der Waals surface area contributed by atoms with Crippen molar-refractivity contribution < 1.29 is 28.6 Å². The Labute approximate surface area is 233 Å². The van der Waals surface area contributed by atoms with E-state index in [4.69, 9.17) is 14.2 Å². The minimum Gasteiger partial charge on any atom is -0.494 e. The molecule has 0 bridgehead atoms. The lowest BCUT2D eigenvalue weighted by atomic mass is 10.1. The van der Waals surface area contributed by atoms with Gasteiger partial charge in [0.1, 0.15) is 5.75 Å². The predicted molar refractivity (Wildman–Crippen MR) is 154 cm³/mol. The Bertz CT molecular complexity index is 1350. The van der Waals surface area contributed by atoms with Gasteiger partial charge in [-0.25, -0.2) is 5.43 Å². The number of carbonyl (C=O) groups is 3. The van der Waals surface area contributed by atoms with E-state index in [0.717, 1.165) is 24.0 Å². The lowest BCUT2D eigenvalue weighted by molar-refractivity contribution is -0.136. The summed E-state index contributed by atoms with van der Waals surface area (Å²) in [6, 6.07) is 17.3. The summed E-state index contributed by atoms with van der Waals surface area (Å²) in [5, 5.41) is 9.14. The molecule has 0 aliphatic carbocycles. The van der Waals surface area contributed by atoms with Crippen LogP contribution in [0, 0.1) is 13.8 Å². The number of rotatable bonds is 12. The number of unbranched alkanes of at least 4 members (excludes halogenated alkanes) is 1. The van der Waals surface area contributed by atoms with Crippen LogP contribution >= 0.6 is 0 Å². The molecule has 10 nitrogen and oxygen atoms in total. The van der Waals surface area contributed by atoms with Crippen molar-refractivity contribution in [1.82, 2.24) is 5.43 Å². The van der Waals surface area contributed by atoms with Gasteiger partial charge in [-0.1, -0.05) is 19.4 Å². The van der Waals surface area contributed by atoms with E-state index in [1.54, 1.807) is 42.5 Å². The normalized spacial score (nSPS) is 10.6. The molecule has 0 aliphatic heterocycles. The summed E-state index contributed by atoms with van der Waals surface area (Å²) >= 11 is 0. The third-order valence-electron chi connectivity index (χ3n) is 5.80. The Morgan fingerprint density at radius 3 is 2.27 bits per heavy atom. The number of carbonyl (C=O) groups excluding carboxylic acids is 3. The summed E-state index contributed by atoms with van der Waals surface area (Å²) < 4.78 is 16.6. The monoisotopic (exact) mass is 546 g/mol. The fraction of sp³-hybridized carbons (Fsp3) is 0.267. The van der Waals surface area contributed by atoms with Crippen molar-refractivity contribution in [3.8, 4) is 17.2 Å². The van der Waals surface area contributed by atoms with E-state index in [9.17, 15) is 14.4 Å². The van der Waals surface area contributed by atoms with Gasteiger partial charge < -0.3 is 24.8 Å². The second-order valence-corrected chi connectivity index (χ2v) is 8.93. The molecular formula is C30H34N4O6. The van der Waals surface area contributed by atoms with Crippen molar-refractivity contribution >= 4 is 35.3 Å². The van der Waals surface area contributed by atoms with Crippen molar-refractivity contribution in [2.24, 2.45) is 5.10 Å². The Hall–Kier alpha value is -4.86. The highest BCUT2D eigenvalue weighted by molar-refractivity contribution is 6.39. The molecule has 3 rings (SSSR count). The van der Waals surface area contributed by atoms with Crippen LogP contribution in [-0.4, -0.2) is 44.3 Å². The molecule has 3 aromatic carbocycles. The number of hydrogen-bond acceptors (Lipinski definition) is 7. The summed E-state index contributed by atoms with van der Waals surface area (Å²) in [5.74, 6) is -0.686. The van der Waals surface area contributed by atoms with Crippen molar-refractivity contribution in [2.75, 3.05) is 31.0 Å². The Morgan fingerprint density at radius 2 is 1.57 bits per heavy atom. The maximum absolute atomic E-state index is 12.3. The van der Waals surface area contributed by atoms with E-state index in [0.29, 0.717) is 40.8 Å². The van der Waals surface area contributed by atoms with Gasteiger partial charge >= 0.3 is 11.8 Å². The number of amides is 3. The van der Waals surface area contributed by atoms with Gasteiger partial charge in [-0.2, -0.15) is 5.10 Å². The first-order valence-electron chi connectivity index (χ1n) is 12.8. The van der Waals surface area contributed by atoms with Gasteiger partial charge in [0, 0.05) is 11.4 Å². The summed E-state index contributed by atoms with van der Waals surface area (Å²) in [5.41, 5.74) is 6.12. The third kappa shape index (κ3) is 9.16. The standard InChI is InChI=1S/C30H34N4O6/c1-5-6-15-39-25-12-10-23(11-13-25)33-29(36)30(37)34-31-18-22-8-14-26(27(17-22)38-4)40-19-28(35)32-24-9-7-20(2)21(3)16-24/h7-14,16-18H,5-6,15,19H2,1-4H3,(H,32,35)(H,33,36)(H,34,37)/b31-18-. The Morgan fingerprint density at radius 1 is 0.825 bits per heavy atom. The van der Waals surface area contributed by atoms with Crippen LogP contribution < -0.4 is 30.3 Å². The smallest absolute Gasteiger partial charge is 0.329 e. The van der Waals surface area contributed by atoms with Crippen LogP contribution in [0.2, 0.25) is 0 Å². The molecule has 0 spiro atoms. The second-order valence-electron chi connectivity index (χ2n) is 8.93. The zero-order valence-corrected chi connectivity index (χ0v) is 23.1. The highest BCUT2D eigenvalue weighted by atomic mass is 16.5. The average Bonchev–Trinajstić information content (AvgIpc) is 2.95. The van der Waals surface area contributed by atoms with Gasteiger partial charge in [-0.15, -0.1) is 0 Å². The third-order valence-corrected chi connectivity index (χ3v) is 5.80. The SMILES string of the molecule is CCCCOc1ccc(NC(=O)C(=O)N/N=C\c2ccc(OCC(=O)Nc3ccc(C)c(C)c3)c(OC)c2)cc1. The first kappa shape index (κ1) is 29.7. The summed E-state index contributed by atoms with van der Waals surface area (Å²) in [6.07, 6.45) is 3.35. The molecule has 0 aliphatic rings. The van der Waals surface area contributed by atoms with Gasteiger partial charge in [0.05, 0.1) is 19.9 Å². The fourth-order valence-electron chi connectivity index (χ4n) is 3.42. The van der Waals surface area contributed by atoms with Crippen LogP contribution in [0.3, 0.4) is 0 Å². The quantitative estimate of drug-likeness (QED) is 0.132. The number of hydrazone groups is 1. The lowest BCUT2D eigenvalue weighted by Gasteiger charge is -2.12. The molecule has 3 aromatic rings. The van der Waals surface area contributed by atoms with E-state index in [1.807, 2.05) is 32.0 Å².